The van der Waals surface area contributed by atoms with Gasteiger partial charge in [-0.1, -0.05) is 38.8 Å². The van der Waals surface area contributed by atoms with Crippen molar-refractivity contribution in [2.24, 2.45) is 0 Å². The van der Waals surface area contributed by atoms with E-state index >= 15 is 0 Å². The molecule has 2 atom stereocenters. The number of thioether (sulfide) groups is 1. The Kier molecular flexibility index (Phi) is 8.22. The van der Waals surface area contributed by atoms with Gasteiger partial charge in [-0.25, -0.2) is 0 Å². The Morgan fingerprint density at radius 2 is 2.00 bits per heavy atom. The number of carbonyl (C=O) groups is 2. The number of rotatable bonds is 8. The number of unbranched alkanes of at least 4 members (excludes halogenated alkanes) is 1. The van der Waals surface area contributed by atoms with E-state index in [4.69, 9.17) is 0 Å². The summed E-state index contributed by atoms with van der Waals surface area (Å²) in [6.07, 6.45) is -0.602. The smallest absolute Gasteiger partial charge is 0.350 e. The van der Waals surface area contributed by atoms with E-state index in [-0.39, 0.29) is 23.7 Å². The summed E-state index contributed by atoms with van der Waals surface area (Å²) in [5.41, 5.74) is -0.363. The fourth-order valence-electron chi connectivity index (χ4n) is 3.19. The fraction of sp³-hybridized carbons (Fsp3) is 0.600. The third-order valence-corrected chi connectivity index (χ3v) is 6.04. The molecule has 0 bridgehead atoms. The first-order valence-electron chi connectivity index (χ1n) is 9.64. The van der Waals surface area contributed by atoms with Crippen molar-refractivity contribution in [3.8, 4) is 0 Å². The second-order valence-corrected chi connectivity index (χ2v) is 8.12. The summed E-state index contributed by atoms with van der Waals surface area (Å²) >= 11 is 1.60. The molecule has 2 rings (SSSR count). The SMILES string of the molecule is CCCCC(=O)N1C(CCC)SCC1C(=O)NCc1cccc(C(F)(F)F)c1. The van der Waals surface area contributed by atoms with Gasteiger partial charge in [0.05, 0.1) is 10.9 Å². The van der Waals surface area contributed by atoms with Crippen LogP contribution in [0.15, 0.2) is 24.3 Å². The highest BCUT2D eigenvalue weighted by atomic mass is 32.2. The van der Waals surface area contributed by atoms with Gasteiger partial charge in [-0.15, -0.1) is 11.8 Å². The molecule has 1 fully saturated rings. The van der Waals surface area contributed by atoms with Crippen LogP contribution in [0.2, 0.25) is 0 Å². The van der Waals surface area contributed by atoms with Crippen molar-refractivity contribution in [2.45, 2.75) is 70.1 Å². The van der Waals surface area contributed by atoms with Gasteiger partial charge in [-0.3, -0.25) is 9.59 Å². The third-order valence-electron chi connectivity index (χ3n) is 4.68. The zero-order valence-corrected chi connectivity index (χ0v) is 17.0. The molecule has 0 saturated carbocycles. The molecular formula is C20H27F3N2O2S. The van der Waals surface area contributed by atoms with Gasteiger partial charge in [0.15, 0.2) is 0 Å². The first kappa shape index (κ1) is 22.6. The van der Waals surface area contributed by atoms with Crippen molar-refractivity contribution in [2.75, 3.05) is 5.75 Å². The molecule has 1 aliphatic heterocycles. The maximum atomic E-state index is 12.8. The molecule has 1 saturated heterocycles. The van der Waals surface area contributed by atoms with Crippen LogP contribution < -0.4 is 5.32 Å². The molecule has 2 amide bonds. The molecule has 28 heavy (non-hydrogen) atoms. The average molecular weight is 417 g/mol. The summed E-state index contributed by atoms with van der Waals surface area (Å²) < 4.78 is 38.5. The lowest BCUT2D eigenvalue weighted by molar-refractivity contribution is -0.140. The summed E-state index contributed by atoms with van der Waals surface area (Å²) in [6.45, 7) is 4.05. The van der Waals surface area contributed by atoms with Crippen molar-refractivity contribution in [1.82, 2.24) is 10.2 Å². The predicted molar refractivity (Wildman–Crippen MR) is 105 cm³/mol. The van der Waals surface area contributed by atoms with E-state index in [2.05, 4.69) is 5.32 Å². The van der Waals surface area contributed by atoms with E-state index < -0.39 is 17.8 Å². The third kappa shape index (κ3) is 5.90. The van der Waals surface area contributed by atoms with Crippen LogP contribution in [-0.2, 0) is 22.3 Å². The first-order chi connectivity index (χ1) is 13.3. The quantitative estimate of drug-likeness (QED) is 0.675. The van der Waals surface area contributed by atoms with E-state index in [0.29, 0.717) is 17.7 Å². The molecule has 0 spiro atoms. The van der Waals surface area contributed by atoms with E-state index in [1.807, 2.05) is 13.8 Å². The van der Waals surface area contributed by atoms with Crippen LogP contribution in [-0.4, -0.2) is 33.9 Å². The molecule has 0 radical (unpaired) electrons. The zero-order chi connectivity index (χ0) is 20.7. The molecule has 8 heteroatoms. The lowest BCUT2D eigenvalue weighted by atomic mass is 10.1. The standard InChI is InChI=1S/C20H27F3N2O2S/c1-3-5-10-17(26)25-16(13-28-18(25)7-4-2)19(27)24-12-14-8-6-9-15(11-14)20(21,22)23/h6,8-9,11,16,18H,3-5,7,10,12-13H2,1-2H3,(H,24,27). The van der Waals surface area contributed by atoms with Crippen LogP contribution in [0.5, 0.6) is 0 Å². The van der Waals surface area contributed by atoms with Gasteiger partial charge in [-0.05, 0) is 30.5 Å². The van der Waals surface area contributed by atoms with Crippen molar-refractivity contribution in [1.29, 1.82) is 0 Å². The van der Waals surface area contributed by atoms with Crippen molar-refractivity contribution < 1.29 is 22.8 Å². The Hall–Kier alpha value is -1.70. The number of hydrogen-bond acceptors (Lipinski definition) is 3. The van der Waals surface area contributed by atoms with Gasteiger partial charge in [-0.2, -0.15) is 13.2 Å². The molecule has 1 aromatic carbocycles. The minimum Gasteiger partial charge on any atom is -0.350 e. The fourth-order valence-corrected chi connectivity index (χ4v) is 4.73. The summed E-state index contributed by atoms with van der Waals surface area (Å²) in [5.74, 6) is 0.176. The largest absolute Gasteiger partial charge is 0.416 e. The molecule has 1 heterocycles. The number of halogens is 3. The Morgan fingerprint density at radius 3 is 2.64 bits per heavy atom. The summed E-state index contributed by atoms with van der Waals surface area (Å²) in [7, 11) is 0. The summed E-state index contributed by atoms with van der Waals surface area (Å²) in [4.78, 5) is 27.0. The molecule has 0 aromatic heterocycles. The zero-order valence-electron chi connectivity index (χ0n) is 16.2. The molecule has 4 nitrogen and oxygen atoms in total. The number of nitrogens with one attached hydrogen (secondary N) is 1. The van der Waals surface area contributed by atoms with Crippen LogP contribution in [0.25, 0.3) is 0 Å². The van der Waals surface area contributed by atoms with E-state index in [1.165, 1.54) is 6.07 Å². The van der Waals surface area contributed by atoms with E-state index in [1.54, 1.807) is 22.7 Å². The summed E-state index contributed by atoms with van der Waals surface area (Å²) in [5, 5.41) is 2.69. The van der Waals surface area contributed by atoms with Gasteiger partial charge in [0.2, 0.25) is 11.8 Å². The number of carbonyl (C=O) groups excluding carboxylic acids is 2. The highest BCUT2D eigenvalue weighted by Gasteiger charge is 2.40. The van der Waals surface area contributed by atoms with Crippen molar-refractivity contribution in [3.05, 3.63) is 35.4 Å². The minimum atomic E-state index is -4.42. The molecule has 2 unspecified atom stereocenters. The van der Waals surface area contributed by atoms with E-state index in [9.17, 15) is 22.8 Å². The van der Waals surface area contributed by atoms with Crippen molar-refractivity contribution in [3.63, 3.8) is 0 Å². The Labute approximate surface area is 168 Å². The molecule has 1 aromatic rings. The van der Waals surface area contributed by atoms with Gasteiger partial charge in [0, 0.05) is 18.7 Å². The molecule has 1 N–H and O–H groups in total. The molecule has 156 valence electrons. The molecule has 1 aliphatic rings. The summed E-state index contributed by atoms with van der Waals surface area (Å²) in [6, 6.07) is 4.34. The first-order valence-corrected chi connectivity index (χ1v) is 10.7. The number of alkyl halides is 3. The number of nitrogens with zero attached hydrogens (tertiary/aromatic N) is 1. The predicted octanol–water partition coefficient (Wildman–Crippen LogP) is 4.58. The molecular weight excluding hydrogens is 389 g/mol. The second kappa shape index (κ2) is 10.2. The monoisotopic (exact) mass is 416 g/mol. The normalized spacial score (nSPS) is 19.7. The minimum absolute atomic E-state index is 0.000640. The topological polar surface area (TPSA) is 49.4 Å². The number of amides is 2. The Balaban J connectivity index is 2.04. The number of hydrogen-bond donors (Lipinski definition) is 1. The van der Waals surface area contributed by atoms with Crippen LogP contribution in [0.3, 0.4) is 0 Å². The van der Waals surface area contributed by atoms with Gasteiger partial charge in [0.1, 0.15) is 6.04 Å². The van der Waals surface area contributed by atoms with Crippen LogP contribution >= 0.6 is 11.8 Å². The molecule has 0 aliphatic carbocycles. The van der Waals surface area contributed by atoms with Crippen LogP contribution in [0.1, 0.15) is 57.1 Å². The maximum absolute atomic E-state index is 12.8. The van der Waals surface area contributed by atoms with Crippen LogP contribution in [0.4, 0.5) is 13.2 Å². The van der Waals surface area contributed by atoms with Crippen molar-refractivity contribution >= 4 is 23.6 Å². The highest BCUT2D eigenvalue weighted by Crippen LogP contribution is 2.33. The van der Waals surface area contributed by atoms with Crippen LogP contribution in [0, 0.1) is 0 Å². The average Bonchev–Trinajstić information content (AvgIpc) is 3.08. The van der Waals surface area contributed by atoms with Gasteiger partial charge >= 0.3 is 6.18 Å². The highest BCUT2D eigenvalue weighted by molar-refractivity contribution is 8.00. The van der Waals surface area contributed by atoms with Gasteiger partial charge in [0.25, 0.3) is 0 Å². The lowest BCUT2D eigenvalue weighted by Crippen LogP contribution is -2.49. The van der Waals surface area contributed by atoms with E-state index in [0.717, 1.165) is 37.8 Å². The second-order valence-electron chi connectivity index (χ2n) is 6.91. The Morgan fingerprint density at radius 1 is 1.25 bits per heavy atom. The lowest BCUT2D eigenvalue weighted by Gasteiger charge is -2.29. The Bertz CT molecular complexity index is 682. The van der Waals surface area contributed by atoms with Gasteiger partial charge < -0.3 is 10.2 Å². The number of benzene rings is 1. The maximum Gasteiger partial charge on any atom is 0.416 e.